The van der Waals surface area contributed by atoms with E-state index in [1.807, 2.05) is 0 Å². The summed E-state index contributed by atoms with van der Waals surface area (Å²) < 4.78 is 0. The van der Waals surface area contributed by atoms with Crippen LogP contribution in [0.3, 0.4) is 0 Å². The van der Waals surface area contributed by atoms with Gasteiger partial charge in [-0.3, -0.25) is 4.99 Å². The zero-order chi connectivity index (χ0) is 17.5. The van der Waals surface area contributed by atoms with E-state index in [2.05, 4.69) is 59.3 Å². The Morgan fingerprint density at radius 3 is 2.54 bits per heavy atom. The number of aliphatic imine (C=N–C) groups is 1. The lowest BCUT2D eigenvalue weighted by Crippen LogP contribution is -2.40. The number of rotatable bonds is 6. The predicted molar refractivity (Wildman–Crippen MR) is 121 cm³/mol. The molecule has 2 fully saturated rings. The fourth-order valence-corrected chi connectivity index (χ4v) is 4.13. The Bertz CT molecular complexity index is 548. The zero-order valence-corrected chi connectivity index (χ0v) is 18.7. The summed E-state index contributed by atoms with van der Waals surface area (Å²) in [4.78, 5) is 10.0. The van der Waals surface area contributed by atoms with E-state index in [-0.39, 0.29) is 24.0 Å². The van der Waals surface area contributed by atoms with Gasteiger partial charge in [0.05, 0.1) is 0 Å². The van der Waals surface area contributed by atoms with Gasteiger partial charge in [-0.05, 0) is 56.7 Å². The van der Waals surface area contributed by atoms with Crippen LogP contribution >= 0.6 is 24.0 Å². The number of halogens is 1. The number of benzene rings is 1. The van der Waals surface area contributed by atoms with Crippen LogP contribution in [0.15, 0.2) is 35.3 Å². The highest BCUT2D eigenvalue weighted by Crippen LogP contribution is 2.21. The summed E-state index contributed by atoms with van der Waals surface area (Å²) in [5.74, 6) is 2.61. The standard InChI is InChI=1S/C21H34N4.HI/c1-3-22-21(23-15-20-10-12-24(4-2)16-20)25-13-11-19(17-25)14-18-8-6-5-7-9-18;/h5-9,19-20H,3-4,10-17H2,1-2H3,(H,22,23);1H. The molecule has 0 saturated carbocycles. The normalized spacial score (nSPS) is 23.9. The Balaban J connectivity index is 0.00000243. The summed E-state index contributed by atoms with van der Waals surface area (Å²) in [5.41, 5.74) is 1.46. The van der Waals surface area contributed by atoms with Crippen molar-refractivity contribution in [3.8, 4) is 0 Å². The maximum Gasteiger partial charge on any atom is 0.193 e. The molecule has 146 valence electrons. The molecule has 4 nitrogen and oxygen atoms in total. The number of nitrogens with one attached hydrogen (secondary N) is 1. The third-order valence-electron chi connectivity index (χ3n) is 5.60. The van der Waals surface area contributed by atoms with E-state index in [0.29, 0.717) is 0 Å². The Morgan fingerprint density at radius 2 is 1.85 bits per heavy atom. The van der Waals surface area contributed by atoms with Crippen LogP contribution < -0.4 is 5.32 Å². The van der Waals surface area contributed by atoms with Crippen molar-refractivity contribution in [1.82, 2.24) is 15.1 Å². The van der Waals surface area contributed by atoms with Gasteiger partial charge < -0.3 is 15.1 Å². The average Bonchev–Trinajstić information content (AvgIpc) is 3.29. The third kappa shape index (κ3) is 6.12. The van der Waals surface area contributed by atoms with Gasteiger partial charge in [0.1, 0.15) is 0 Å². The lowest BCUT2D eigenvalue weighted by molar-refractivity contribution is 0.343. The Morgan fingerprint density at radius 1 is 1.08 bits per heavy atom. The number of hydrogen-bond donors (Lipinski definition) is 1. The Kier molecular flexibility index (Phi) is 9.19. The van der Waals surface area contributed by atoms with Crippen molar-refractivity contribution in [2.45, 2.75) is 33.1 Å². The molecule has 2 aliphatic heterocycles. The second-order valence-electron chi connectivity index (χ2n) is 7.53. The molecule has 3 rings (SSSR count). The molecule has 1 aromatic rings. The van der Waals surface area contributed by atoms with Gasteiger partial charge in [0, 0.05) is 32.7 Å². The molecule has 0 aromatic heterocycles. The Labute approximate surface area is 176 Å². The van der Waals surface area contributed by atoms with Gasteiger partial charge in [-0.1, -0.05) is 37.3 Å². The van der Waals surface area contributed by atoms with E-state index in [9.17, 15) is 0 Å². The van der Waals surface area contributed by atoms with Crippen LogP contribution in [-0.4, -0.2) is 61.6 Å². The fraction of sp³-hybridized carbons (Fsp3) is 0.667. The monoisotopic (exact) mass is 470 g/mol. The topological polar surface area (TPSA) is 30.9 Å². The molecule has 0 radical (unpaired) electrons. The van der Waals surface area contributed by atoms with Crippen molar-refractivity contribution in [3.63, 3.8) is 0 Å². The van der Waals surface area contributed by atoms with E-state index in [1.54, 1.807) is 0 Å². The molecule has 0 aliphatic carbocycles. The van der Waals surface area contributed by atoms with Gasteiger partial charge in [-0.25, -0.2) is 0 Å². The molecule has 2 unspecified atom stereocenters. The number of likely N-dealkylation sites (tertiary alicyclic amines) is 2. The first-order chi connectivity index (χ1) is 12.3. The van der Waals surface area contributed by atoms with Crippen LogP contribution in [0, 0.1) is 11.8 Å². The SMILES string of the molecule is CCNC(=NCC1CCN(CC)C1)N1CCC(Cc2ccccc2)C1.I. The quantitative estimate of drug-likeness (QED) is 0.393. The highest BCUT2D eigenvalue weighted by atomic mass is 127. The largest absolute Gasteiger partial charge is 0.357 e. The van der Waals surface area contributed by atoms with Gasteiger partial charge in [0.15, 0.2) is 5.96 Å². The number of guanidine groups is 1. The summed E-state index contributed by atoms with van der Waals surface area (Å²) in [6.45, 7) is 12.2. The van der Waals surface area contributed by atoms with Gasteiger partial charge >= 0.3 is 0 Å². The van der Waals surface area contributed by atoms with E-state index in [1.165, 1.54) is 44.5 Å². The van der Waals surface area contributed by atoms with Crippen molar-refractivity contribution >= 4 is 29.9 Å². The summed E-state index contributed by atoms with van der Waals surface area (Å²) in [5, 5.41) is 3.52. The van der Waals surface area contributed by atoms with Gasteiger partial charge in [0.2, 0.25) is 0 Å². The van der Waals surface area contributed by atoms with Crippen LogP contribution in [0.25, 0.3) is 0 Å². The summed E-state index contributed by atoms with van der Waals surface area (Å²) in [6.07, 6.45) is 3.75. The lowest BCUT2D eigenvalue weighted by Gasteiger charge is -2.22. The molecule has 26 heavy (non-hydrogen) atoms. The van der Waals surface area contributed by atoms with Gasteiger partial charge in [-0.2, -0.15) is 0 Å². The van der Waals surface area contributed by atoms with Crippen molar-refractivity contribution < 1.29 is 0 Å². The molecule has 5 heteroatoms. The first-order valence-corrected chi connectivity index (χ1v) is 10.1. The predicted octanol–water partition coefficient (Wildman–Crippen LogP) is 3.48. The van der Waals surface area contributed by atoms with Crippen molar-refractivity contribution in [2.75, 3.05) is 45.8 Å². The van der Waals surface area contributed by atoms with E-state index in [4.69, 9.17) is 4.99 Å². The van der Waals surface area contributed by atoms with Crippen molar-refractivity contribution in [1.29, 1.82) is 0 Å². The second-order valence-corrected chi connectivity index (χ2v) is 7.53. The minimum absolute atomic E-state index is 0. The minimum atomic E-state index is 0. The molecular formula is C21H35IN4. The van der Waals surface area contributed by atoms with Crippen molar-refractivity contribution in [3.05, 3.63) is 35.9 Å². The smallest absolute Gasteiger partial charge is 0.193 e. The zero-order valence-electron chi connectivity index (χ0n) is 16.4. The van der Waals surface area contributed by atoms with Gasteiger partial charge in [0.25, 0.3) is 0 Å². The fourth-order valence-electron chi connectivity index (χ4n) is 4.13. The molecule has 2 atom stereocenters. The second kappa shape index (κ2) is 11.1. The van der Waals surface area contributed by atoms with Crippen molar-refractivity contribution in [2.24, 2.45) is 16.8 Å². The van der Waals surface area contributed by atoms with Crippen LogP contribution in [0.4, 0.5) is 0 Å². The van der Waals surface area contributed by atoms with Crippen LogP contribution in [0.2, 0.25) is 0 Å². The first kappa shape index (κ1) is 21.5. The van der Waals surface area contributed by atoms with Crippen LogP contribution in [0.1, 0.15) is 32.3 Å². The third-order valence-corrected chi connectivity index (χ3v) is 5.60. The molecule has 0 amide bonds. The number of nitrogens with zero attached hydrogens (tertiary/aromatic N) is 3. The molecule has 0 spiro atoms. The highest BCUT2D eigenvalue weighted by Gasteiger charge is 2.26. The van der Waals surface area contributed by atoms with E-state index >= 15 is 0 Å². The first-order valence-electron chi connectivity index (χ1n) is 10.1. The maximum absolute atomic E-state index is 4.99. The summed E-state index contributed by atoms with van der Waals surface area (Å²) in [6, 6.07) is 10.9. The van der Waals surface area contributed by atoms with Gasteiger partial charge in [-0.15, -0.1) is 24.0 Å². The van der Waals surface area contributed by atoms with Crippen LogP contribution in [-0.2, 0) is 6.42 Å². The molecular weight excluding hydrogens is 435 g/mol. The van der Waals surface area contributed by atoms with E-state index in [0.717, 1.165) is 44.0 Å². The van der Waals surface area contributed by atoms with Crippen LogP contribution in [0.5, 0.6) is 0 Å². The minimum Gasteiger partial charge on any atom is -0.357 e. The molecule has 1 N–H and O–H groups in total. The molecule has 1 aromatic carbocycles. The molecule has 2 saturated heterocycles. The Hall–Kier alpha value is -0.820. The summed E-state index contributed by atoms with van der Waals surface area (Å²) in [7, 11) is 0. The summed E-state index contributed by atoms with van der Waals surface area (Å²) >= 11 is 0. The molecule has 0 bridgehead atoms. The lowest BCUT2D eigenvalue weighted by atomic mass is 9.99. The highest BCUT2D eigenvalue weighted by molar-refractivity contribution is 14.0. The molecule has 2 aliphatic rings. The van der Waals surface area contributed by atoms with E-state index < -0.39 is 0 Å². The maximum atomic E-state index is 4.99. The molecule has 2 heterocycles. The number of hydrogen-bond acceptors (Lipinski definition) is 2. The average molecular weight is 470 g/mol.